The Morgan fingerprint density at radius 1 is 1.09 bits per heavy atom. The zero-order valence-corrected chi connectivity index (χ0v) is 6.70. The van der Waals surface area contributed by atoms with E-state index in [4.69, 9.17) is 5.11 Å². The van der Waals surface area contributed by atoms with E-state index >= 15 is 0 Å². The summed E-state index contributed by atoms with van der Waals surface area (Å²) in [7, 11) is 0. The number of halogens is 3. The van der Waals surface area contributed by atoms with Gasteiger partial charge in [-0.05, 0) is 26.7 Å². The second-order valence-electron chi connectivity index (χ2n) is 3.28. The minimum atomic E-state index is -4.09. The number of alkyl halides is 3. The minimum Gasteiger partial charge on any atom is -0.390 e. The number of aliphatic hydroxyl groups is 1. The van der Waals surface area contributed by atoms with Crippen molar-refractivity contribution in [3.8, 4) is 0 Å². The average molecular weight is 170 g/mol. The lowest BCUT2D eigenvalue weighted by molar-refractivity contribution is -0.137. The van der Waals surface area contributed by atoms with Crippen molar-refractivity contribution in [1.29, 1.82) is 0 Å². The van der Waals surface area contributed by atoms with Crippen molar-refractivity contribution in [1.82, 2.24) is 0 Å². The van der Waals surface area contributed by atoms with E-state index in [0.717, 1.165) is 0 Å². The van der Waals surface area contributed by atoms with Crippen molar-refractivity contribution in [3.05, 3.63) is 0 Å². The second kappa shape index (κ2) is 3.43. The van der Waals surface area contributed by atoms with Gasteiger partial charge in [-0.1, -0.05) is 0 Å². The maximum atomic E-state index is 11.5. The Bertz CT molecular complexity index is 97.8. The van der Waals surface area contributed by atoms with Gasteiger partial charge in [0.25, 0.3) is 0 Å². The summed E-state index contributed by atoms with van der Waals surface area (Å²) in [6, 6.07) is 0. The molecule has 0 aromatic heterocycles. The fourth-order valence-corrected chi connectivity index (χ4v) is 0.721. The topological polar surface area (TPSA) is 20.2 Å². The molecule has 0 fully saturated rings. The highest BCUT2D eigenvalue weighted by atomic mass is 19.4. The van der Waals surface area contributed by atoms with E-state index < -0.39 is 18.2 Å². The Morgan fingerprint density at radius 3 is 1.82 bits per heavy atom. The summed E-state index contributed by atoms with van der Waals surface area (Å²) in [5.41, 5.74) is -0.981. The lowest BCUT2D eigenvalue weighted by Crippen LogP contribution is -2.19. The van der Waals surface area contributed by atoms with Crippen molar-refractivity contribution in [2.75, 3.05) is 0 Å². The smallest absolute Gasteiger partial charge is 0.389 e. The zero-order chi connectivity index (χ0) is 9.12. The third-order valence-corrected chi connectivity index (χ3v) is 1.25. The van der Waals surface area contributed by atoms with Crippen molar-refractivity contribution in [3.63, 3.8) is 0 Å². The highest BCUT2D eigenvalue weighted by Gasteiger charge is 2.27. The third kappa shape index (κ3) is 9.75. The molecule has 0 saturated heterocycles. The summed E-state index contributed by atoms with van der Waals surface area (Å²) in [5, 5.41) is 9.05. The van der Waals surface area contributed by atoms with Crippen LogP contribution in [0.4, 0.5) is 13.2 Å². The first kappa shape index (κ1) is 10.8. The van der Waals surface area contributed by atoms with E-state index in [1.807, 2.05) is 0 Å². The van der Waals surface area contributed by atoms with E-state index in [-0.39, 0.29) is 12.8 Å². The molecule has 0 saturated carbocycles. The van der Waals surface area contributed by atoms with Gasteiger partial charge in [-0.25, -0.2) is 0 Å². The van der Waals surface area contributed by atoms with Crippen LogP contribution in [-0.2, 0) is 0 Å². The van der Waals surface area contributed by atoms with E-state index in [1.54, 1.807) is 0 Å². The zero-order valence-electron chi connectivity index (χ0n) is 6.70. The molecule has 0 amide bonds. The molecule has 11 heavy (non-hydrogen) atoms. The summed E-state index contributed by atoms with van der Waals surface area (Å²) >= 11 is 0. The standard InChI is InChI=1S/C7H13F3O/c1-6(2,11)4-3-5-7(8,9)10/h11H,3-5H2,1-2H3. The monoisotopic (exact) mass is 170 g/mol. The molecule has 0 spiro atoms. The molecule has 0 radical (unpaired) electrons. The number of hydrogen-bond acceptors (Lipinski definition) is 1. The first-order valence-electron chi connectivity index (χ1n) is 3.50. The summed E-state index contributed by atoms with van der Waals surface area (Å²) in [6.07, 6.45) is -4.72. The molecule has 0 aromatic rings. The second-order valence-corrected chi connectivity index (χ2v) is 3.28. The van der Waals surface area contributed by atoms with E-state index in [1.165, 1.54) is 13.8 Å². The van der Waals surface area contributed by atoms with Gasteiger partial charge in [-0.2, -0.15) is 13.2 Å². The van der Waals surface area contributed by atoms with Crippen LogP contribution in [0, 0.1) is 0 Å². The van der Waals surface area contributed by atoms with Crippen LogP contribution in [0.3, 0.4) is 0 Å². The summed E-state index contributed by atoms with van der Waals surface area (Å²) in [6.45, 7) is 3.01. The van der Waals surface area contributed by atoms with Crippen LogP contribution in [0.2, 0.25) is 0 Å². The Kier molecular flexibility index (Phi) is 3.35. The molecule has 0 aromatic carbocycles. The predicted molar refractivity (Wildman–Crippen MR) is 36.2 cm³/mol. The Hall–Kier alpha value is -0.250. The molecule has 0 rings (SSSR count). The van der Waals surface area contributed by atoms with Gasteiger partial charge in [-0.3, -0.25) is 0 Å². The maximum absolute atomic E-state index is 11.5. The van der Waals surface area contributed by atoms with Gasteiger partial charge < -0.3 is 5.11 Å². The van der Waals surface area contributed by atoms with Crippen LogP contribution in [0.1, 0.15) is 33.1 Å². The number of hydrogen-bond donors (Lipinski definition) is 1. The fraction of sp³-hybridized carbons (Fsp3) is 1.00. The molecule has 0 bridgehead atoms. The normalized spacial score (nSPS) is 13.6. The molecular formula is C7H13F3O. The van der Waals surface area contributed by atoms with Gasteiger partial charge >= 0.3 is 6.18 Å². The Morgan fingerprint density at radius 2 is 1.55 bits per heavy atom. The van der Waals surface area contributed by atoms with Crippen LogP contribution in [0.5, 0.6) is 0 Å². The van der Waals surface area contributed by atoms with E-state index in [9.17, 15) is 13.2 Å². The molecule has 0 heterocycles. The SMILES string of the molecule is CC(C)(O)CCCC(F)(F)F. The van der Waals surface area contributed by atoms with Crippen molar-refractivity contribution in [2.45, 2.75) is 44.9 Å². The highest BCUT2D eigenvalue weighted by Crippen LogP contribution is 2.24. The summed E-state index contributed by atoms with van der Waals surface area (Å²) < 4.78 is 34.6. The summed E-state index contributed by atoms with van der Waals surface area (Å²) in [5.74, 6) is 0. The van der Waals surface area contributed by atoms with Crippen LogP contribution in [0.15, 0.2) is 0 Å². The van der Waals surface area contributed by atoms with Gasteiger partial charge in [0.15, 0.2) is 0 Å². The molecule has 0 aliphatic carbocycles. The van der Waals surface area contributed by atoms with Gasteiger partial charge in [0.2, 0.25) is 0 Å². The minimum absolute atomic E-state index is 0.00694. The van der Waals surface area contributed by atoms with Gasteiger partial charge in [0, 0.05) is 6.42 Å². The van der Waals surface area contributed by atoms with E-state index in [2.05, 4.69) is 0 Å². The predicted octanol–water partition coefficient (Wildman–Crippen LogP) is 2.49. The summed E-state index contributed by atoms with van der Waals surface area (Å²) in [4.78, 5) is 0. The van der Waals surface area contributed by atoms with Gasteiger partial charge in [0.05, 0.1) is 5.60 Å². The average Bonchev–Trinajstić information content (AvgIpc) is 1.55. The van der Waals surface area contributed by atoms with Crippen LogP contribution in [-0.4, -0.2) is 16.9 Å². The molecule has 0 unspecified atom stereocenters. The molecule has 0 atom stereocenters. The van der Waals surface area contributed by atoms with Crippen molar-refractivity contribution < 1.29 is 18.3 Å². The lowest BCUT2D eigenvalue weighted by Gasteiger charge is -2.16. The van der Waals surface area contributed by atoms with Crippen LogP contribution >= 0.6 is 0 Å². The van der Waals surface area contributed by atoms with E-state index in [0.29, 0.717) is 0 Å². The fourth-order valence-electron chi connectivity index (χ4n) is 0.721. The molecule has 0 aliphatic heterocycles. The molecule has 4 heteroatoms. The third-order valence-electron chi connectivity index (χ3n) is 1.25. The van der Waals surface area contributed by atoms with Crippen LogP contribution < -0.4 is 0 Å². The highest BCUT2D eigenvalue weighted by molar-refractivity contribution is 4.65. The molecule has 1 N–H and O–H groups in total. The van der Waals surface area contributed by atoms with Crippen molar-refractivity contribution >= 4 is 0 Å². The Labute approximate surface area is 64.2 Å². The maximum Gasteiger partial charge on any atom is 0.389 e. The van der Waals surface area contributed by atoms with Crippen LogP contribution in [0.25, 0.3) is 0 Å². The van der Waals surface area contributed by atoms with Gasteiger partial charge in [0.1, 0.15) is 0 Å². The Balaban J connectivity index is 3.44. The molecular weight excluding hydrogens is 157 g/mol. The quantitative estimate of drug-likeness (QED) is 0.689. The lowest BCUT2D eigenvalue weighted by atomic mass is 10.0. The van der Waals surface area contributed by atoms with Gasteiger partial charge in [-0.15, -0.1) is 0 Å². The van der Waals surface area contributed by atoms with Crippen molar-refractivity contribution in [2.24, 2.45) is 0 Å². The molecule has 1 nitrogen and oxygen atoms in total. The molecule has 0 aliphatic rings. The first-order valence-corrected chi connectivity index (χ1v) is 3.50. The number of rotatable bonds is 3. The first-order chi connectivity index (χ1) is 4.71. The largest absolute Gasteiger partial charge is 0.390 e. The molecule has 68 valence electrons.